The first kappa shape index (κ1) is 37.7. The zero-order valence-corrected chi connectivity index (χ0v) is 31.0. The first-order chi connectivity index (χ1) is 24.6. The molecule has 0 N–H and O–H groups in total. The van der Waals surface area contributed by atoms with Gasteiger partial charge in [0.05, 0.1) is 75.3 Å². The number of methoxy groups -OCH3 is 4. The molecule has 51 heavy (non-hydrogen) atoms. The van der Waals surface area contributed by atoms with Crippen LogP contribution < -0.4 is 18.9 Å². The van der Waals surface area contributed by atoms with Gasteiger partial charge in [-0.15, -0.1) is 0 Å². The quantitative estimate of drug-likeness (QED) is 0.0813. The highest BCUT2D eigenvalue weighted by atomic mass is 16.5. The molecule has 4 unspecified atom stereocenters. The van der Waals surface area contributed by atoms with E-state index in [-0.39, 0.29) is 18.6 Å². The van der Waals surface area contributed by atoms with Crippen LogP contribution in [-0.2, 0) is 38.4 Å². The van der Waals surface area contributed by atoms with Crippen LogP contribution in [0.1, 0.15) is 41.1 Å². The molecule has 0 amide bonds. The van der Waals surface area contributed by atoms with E-state index in [9.17, 15) is 9.59 Å². The largest absolute Gasteiger partial charge is 0.497 e. The molecular weight excluding hydrogens is 648 g/mol. The van der Waals surface area contributed by atoms with Gasteiger partial charge in [-0.25, -0.2) is 9.59 Å². The summed E-state index contributed by atoms with van der Waals surface area (Å²) in [4.78, 5) is 25.0. The van der Waals surface area contributed by atoms with Crippen molar-refractivity contribution in [2.75, 3.05) is 81.9 Å². The molecule has 0 aromatic heterocycles. The molecule has 274 valence electrons. The zero-order chi connectivity index (χ0) is 36.4. The first-order valence-electron chi connectivity index (χ1n) is 17.8. The summed E-state index contributed by atoms with van der Waals surface area (Å²) in [7, 11) is 11.2. The average Bonchev–Trinajstić information content (AvgIpc) is 3.52. The van der Waals surface area contributed by atoms with Crippen molar-refractivity contribution in [3.8, 4) is 23.0 Å². The van der Waals surface area contributed by atoms with Gasteiger partial charge in [-0.2, -0.15) is 0 Å². The molecule has 0 spiro atoms. The molecule has 3 aromatic carbocycles. The summed E-state index contributed by atoms with van der Waals surface area (Å²) in [6.07, 6.45) is 5.73. The summed E-state index contributed by atoms with van der Waals surface area (Å²) < 4.78 is 34.7. The molecule has 0 aliphatic carbocycles. The minimum Gasteiger partial charge on any atom is -0.497 e. The molecule has 5 rings (SSSR count). The highest BCUT2D eigenvalue weighted by Crippen LogP contribution is 2.42. The molecule has 2 aliphatic heterocycles. The van der Waals surface area contributed by atoms with Crippen molar-refractivity contribution < 1.29 is 47.0 Å². The predicted octanol–water partition coefficient (Wildman–Crippen LogP) is 5.71. The Balaban J connectivity index is 1.10. The molecule has 10 heteroatoms. The lowest BCUT2D eigenvalue weighted by molar-refractivity contribution is -0.941. The maximum atomic E-state index is 12.5. The standard InChI is InChI=1S/C41H54N2O8/c1-42(27-31-10-14-35(47-4)15-11-31)21-18-32(28-42)29-51-41(45)17-16-40(44)50-23-7-20-43(2)22-19-33-25-38(48-5)39(49-6)26-36(33)37(43)24-30-8-12-34(46-3)13-9-30/h8-17,25-26,32,37H,7,18-24,27-29H2,1-6H3/q+2/b17-16-. The van der Waals surface area contributed by atoms with E-state index >= 15 is 0 Å². The number of quaternary nitrogens is 2. The minimum atomic E-state index is -0.546. The molecule has 2 heterocycles. The van der Waals surface area contributed by atoms with Crippen LogP contribution in [0, 0.1) is 5.92 Å². The van der Waals surface area contributed by atoms with Crippen molar-refractivity contribution in [1.29, 1.82) is 0 Å². The lowest BCUT2D eigenvalue weighted by Gasteiger charge is -2.46. The van der Waals surface area contributed by atoms with E-state index in [4.69, 9.17) is 28.4 Å². The Kier molecular flexibility index (Phi) is 12.7. The Morgan fingerprint density at radius 2 is 1.37 bits per heavy atom. The lowest BCUT2D eigenvalue weighted by Crippen LogP contribution is -2.52. The monoisotopic (exact) mass is 702 g/mol. The van der Waals surface area contributed by atoms with Gasteiger partial charge in [0.15, 0.2) is 11.5 Å². The Bertz CT molecular complexity index is 1660. The van der Waals surface area contributed by atoms with Crippen molar-refractivity contribution in [2.24, 2.45) is 5.92 Å². The smallest absolute Gasteiger partial charge is 0.331 e. The summed E-state index contributed by atoms with van der Waals surface area (Å²) in [5, 5.41) is 0. The number of nitrogens with zero attached hydrogens (tertiary/aromatic N) is 2. The molecule has 1 fully saturated rings. The fourth-order valence-corrected chi connectivity index (χ4v) is 7.70. The Morgan fingerprint density at radius 3 is 2.00 bits per heavy atom. The number of fused-ring (bicyclic) bond motifs is 1. The number of likely N-dealkylation sites (tertiary alicyclic amines) is 1. The van der Waals surface area contributed by atoms with E-state index in [2.05, 4.69) is 50.5 Å². The summed E-state index contributed by atoms with van der Waals surface area (Å²) in [5.74, 6) is 2.34. The summed E-state index contributed by atoms with van der Waals surface area (Å²) in [6.45, 7) is 5.20. The Morgan fingerprint density at radius 1 is 0.765 bits per heavy atom. The molecule has 4 atom stereocenters. The number of benzene rings is 3. The van der Waals surface area contributed by atoms with Gasteiger partial charge >= 0.3 is 11.9 Å². The lowest BCUT2D eigenvalue weighted by atomic mass is 9.86. The topological polar surface area (TPSA) is 89.5 Å². The van der Waals surface area contributed by atoms with Gasteiger partial charge in [0.2, 0.25) is 0 Å². The van der Waals surface area contributed by atoms with Gasteiger partial charge in [-0.3, -0.25) is 0 Å². The number of ether oxygens (including phenoxy) is 6. The molecule has 2 aliphatic rings. The van der Waals surface area contributed by atoms with E-state index < -0.39 is 11.9 Å². The number of esters is 2. The van der Waals surface area contributed by atoms with Gasteiger partial charge in [-0.1, -0.05) is 12.1 Å². The first-order valence-corrected chi connectivity index (χ1v) is 17.8. The highest BCUT2D eigenvalue weighted by Gasteiger charge is 2.40. The van der Waals surface area contributed by atoms with E-state index in [1.807, 2.05) is 24.3 Å². The van der Waals surface area contributed by atoms with Crippen molar-refractivity contribution in [2.45, 2.75) is 38.3 Å². The third-order valence-electron chi connectivity index (χ3n) is 10.6. The summed E-state index contributed by atoms with van der Waals surface area (Å²) in [6, 6.07) is 20.8. The van der Waals surface area contributed by atoms with E-state index in [0.29, 0.717) is 18.8 Å². The molecule has 0 bridgehead atoms. The van der Waals surface area contributed by atoms with Crippen LogP contribution in [0.4, 0.5) is 0 Å². The second-order valence-corrected chi connectivity index (χ2v) is 14.3. The van der Waals surface area contributed by atoms with Gasteiger partial charge in [0, 0.05) is 54.9 Å². The fraction of sp³-hybridized carbons (Fsp3) is 0.463. The van der Waals surface area contributed by atoms with Gasteiger partial charge in [0.25, 0.3) is 0 Å². The maximum Gasteiger partial charge on any atom is 0.331 e. The molecule has 0 radical (unpaired) electrons. The van der Waals surface area contributed by atoms with Crippen LogP contribution in [-0.4, -0.2) is 103 Å². The molecular formula is C41H54N2O8+2. The third kappa shape index (κ3) is 9.83. The number of carbonyl (C=O) groups excluding carboxylic acids is 2. The van der Waals surface area contributed by atoms with Gasteiger partial charge in [-0.05, 0) is 59.7 Å². The van der Waals surface area contributed by atoms with Gasteiger partial charge < -0.3 is 37.4 Å². The fourth-order valence-electron chi connectivity index (χ4n) is 7.70. The molecule has 3 aromatic rings. The second kappa shape index (κ2) is 17.1. The number of likely N-dealkylation sites (N-methyl/N-ethyl adjacent to an activating group) is 1. The highest BCUT2D eigenvalue weighted by molar-refractivity contribution is 5.91. The van der Waals surface area contributed by atoms with Crippen LogP contribution in [0.3, 0.4) is 0 Å². The normalized spacial score (nSPS) is 22.6. The maximum absolute atomic E-state index is 12.5. The van der Waals surface area contributed by atoms with Crippen LogP contribution in [0.15, 0.2) is 72.8 Å². The second-order valence-electron chi connectivity index (χ2n) is 14.3. The van der Waals surface area contributed by atoms with E-state index in [0.717, 1.165) is 78.2 Å². The third-order valence-corrected chi connectivity index (χ3v) is 10.6. The van der Waals surface area contributed by atoms with Crippen LogP contribution in [0.2, 0.25) is 0 Å². The van der Waals surface area contributed by atoms with E-state index in [1.54, 1.807) is 28.4 Å². The summed E-state index contributed by atoms with van der Waals surface area (Å²) in [5.41, 5.74) is 4.98. The molecule has 0 saturated carbocycles. The minimum absolute atomic E-state index is 0.159. The van der Waals surface area contributed by atoms with Crippen LogP contribution in [0.25, 0.3) is 0 Å². The number of rotatable bonds is 16. The van der Waals surface area contributed by atoms with Crippen molar-refractivity contribution in [3.63, 3.8) is 0 Å². The van der Waals surface area contributed by atoms with Gasteiger partial charge in [0.1, 0.15) is 30.7 Å². The Labute approximate surface area is 302 Å². The number of hydrogen-bond acceptors (Lipinski definition) is 8. The zero-order valence-electron chi connectivity index (χ0n) is 31.0. The van der Waals surface area contributed by atoms with Crippen LogP contribution in [0.5, 0.6) is 23.0 Å². The van der Waals surface area contributed by atoms with Crippen molar-refractivity contribution in [1.82, 2.24) is 0 Å². The Hall–Kier alpha value is -4.54. The number of carbonyl (C=O) groups is 2. The SMILES string of the molecule is COc1ccc(CC2c3cc(OC)c(OC)cc3CC[N+]2(C)CCCOC(=O)/C=C\C(=O)OCC2CC[N+](C)(Cc3ccc(OC)cc3)C2)cc1. The summed E-state index contributed by atoms with van der Waals surface area (Å²) >= 11 is 0. The molecule has 10 nitrogen and oxygen atoms in total. The van der Waals surface area contributed by atoms with Crippen molar-refractivity contribution >= 4 is 11.9 Å². The number of hydrogen-bond donors (Lipinski definition) is 0. The average molecular weight is 703 g/mol. The van der Waals surface area contributed by atoms with E-state index in [1.165, 1.54) is 34.4 Å². The van der Waals surface area contributed by atoms with Crippen LogP contribution >= 0.6 is 0 Å². The van der Waals surface area contributed by atoms with Crippen molar-refractivity contribution in [3.05, 3.63) is 95.1 Å². The molecule has 1 saturated heterocycles. The predicted molar refractivity (Wildman–Crippen MR) is 195 cm³/mol.